The highest BCUT2D eigenvalue weighted by atomic mass is 32.2. The van der Waals surface area contributed by atoms with Gasteiger partial charge < -0.3 is 4.74 Å². The largest absolute Gasteiger partial charge is 0.381 e. The molecule has 1 saturated heterocycles. The average molecular weight is 190 g/mol. The molecule has 0 N–H and O–H groups in total. The molecule has 0 radical (unpaired) electrons. The minimum absolute atomic E-state index is 0.592. The van der Waals surface area contributed by atoms with E-state index in [9.17, 15) is 4.21 Å². The molecule has 0 aliphatic carbocycles. The van der Waals surface area contributed by atoms with E-state index in [0.717, 1.165) is 31.1 Å². The Labute approximate surface area is 77.1 Å². The van der Waals surface area contributed by atoms with Crippen molar-refractivity contribution in [3.05, 3.63) is 0 Å². The molecule has 0 saturated carbocycles. The quantitative estimate of drug-likeness (QED) is 0.673. The molecular weight excluding hydrogens is 172 g/mol. The Morgan fingerprint density at radius 2 is 2.33 bits per heavy atom. The van der Waals surface area contributed by atoms with Crippen molar-refractivity contribution in [3.8, 4) is 0 Å². The van der Waals surface area contributed by atoms with Gasteiger partial charge in [0.15, 0.2) is 0 Å². The molecule has 0 aromatic heterocycles. The van der Waals surface area contributed by atoms with Crippen molar-refractivity contribution in [1.82, 2.24) is 0 Å². The fraction of sp³-hybridized carbons (Fsp3) is 1.00. The summed E-state index contributed by atoms with van der Waals surface area (Å²) in [7, 11) is -0.601. The molecule has 3 atom stereocenters. The van der Waals surface area contributed by atoms with E-state index in [4.69, 9.17) is 4.74 Å². The Morgan fingerprint density at radius 3 is 2.92 bits per heavy atom. The van der Waals surface area contributed by atoms with Crippen LogP contribution in [-0.2, 0) is 15.5 Å². The van der Waals surface area contributed by atoms with Crippen LogP contribution in [-0.4, -0.2) is 28.9 Å². The van der Waals surface area contributed by atoms with Crippen molar-refractivity contribution in [3.63, 3.8) is 0 Å². The molecule has 1 aliphatic heterocycles. The second kappa shape index (κ2) is 4.97. The summed E-state index contributed by atoms with van der Waals surface area (Å²) in [5, 5.41) is 0. The van der Waals surface area contributed by atoms with Gasteiger partial charge >= 0.3 is 0 Å². The van der Waals surface area contributed by atoms with Gasteiger partial charge in [-0.2, -0.15) is 0 Å². The van der Waals surface area contributed by atoms with Gasteiger partial charge in [0, 0.05) is 35.5 Å². The molecule has 3 heteroatoms. The second-order valence-corrected chi connectivity index (χ2v) is 5.29. The first-order valence-electron chi connectivity index (χ1n) is 4.66. The van der Waals surface area contributed by atoms with Crippen LogP contribution in [0.25, 0.3) is 0 Å². The maximum Gasteiger partial charge on any atom is 0.0494 e. The van der Waals surface area contributed by atoms with Gasteiger partial charge in [0.1, 0.15) is 0 Å². The predicted octanol–water partition coefficient (Wildman–Crippen LogP) is 1.43. The molecule has 0 amide bonds. The Morgan fingerprint density at radius 1 is 1.58 bits per heavy atom. The normalized spacial score (nSPS) is 33.2. The Hall–Kier alpha value is 0.110. The van der Waals surface area contributed by atoms with Gasteiger partial charge in [0.25, 0.3) is 0 Å². The zero-order chi connectivity index (χ0) is 8.97. The van der Waals surface area contributed by atoms with Crippen molar-refractivity contribution in [2.75, 3.05) is 24.7 Å². The van der Waals surface area contributed by atoms with E-state index < -0.39 is 10.8 Å². The lowest BCUT2D eigenvalue weighted by Crippen LogP contribution is -2.29. The summed E-state index contributed by atoms with van der Waals surface area (Å²) in [5.41, 5.74) is 0. The first-order valence-corrected chi connectivity index (χ1v) is 6.15. The van der Waals surface area contributed by atoms with Crippen LogP contribution >= 0.6 is 0 Å². The summed E-state index contributed by atoms with van der Waals surface area (Å²) in [6.45, 7) is 5.89. The van der Waals surface area contributed by atoms with Gasteiger partial charge in [0.05, 0.1) is 0 Å². The molecule has 0 aromatic rings. The van der Waals surface area contributed by atoms with E-state index in [2.05, 4.69) is 6.92 Å². The molecule has 1 aliphatic rings. The molecule has 0 aromatic carbocycles. The average Bonchev–Trinajstić information content (AvgIpc) is 2.09. The van der Waals surface area contributed by atoms with Gasteiger partial charge in [-0.3, -0.25) is 4.21 Å². The van der Waals surface area contributed by atoms with Crippen LogP contribution in [0.2, 0.25) is 0 Å². The van der Waals surface area contributed by atoms with Crippen LogP contribution in [0.4, 0.5) is 0 Å². The summed E-state index contributed by atoms with van der Waals surface area (Å²) in [6.07, 6.45) is 1.09. The van der Waals surface area contributed by atoms with Crippen molar-refractivity contribution in [2.45, 2.75) is 20.3 Å². The molecule has 0 spiro atoms. The standard InChI is InChI=1S/C9H18O2S/c1-3-12(10)7-9-4-5-11-6-8(9)2/h8-9H,3-7H2,1-2H3/t8-,9?,12?/m0/s1. The zero-order valence-electron chi connectivity index (χ0n) is 7.91. The Balaban J connectivity index is 2.33. The van der Waals surface area contributed by atoms with Gasteiger partial charge in [-0.25, -0.2) is 0 Å². The van der Waals surface area contributed by atoms with E-state index in [-0.39, 0.29) is 0 Å². The molecule has 12 heavy (non-hydrogen) atoms. The monoisotopic (exact) mass is 190 g/mol. The lowest BCUT2D eigenvalue weighted by atomic mass is 9.92. The van der Waals surface area contributed by atoms with E-state index in [1.165, 1.54) is 0 Å². The van der Waals surface area contributed by atoms with Gasteiger partial charge in [-0.1, -0.05) is 13.8 Å². The highest BCUT2D eigenvalue weighted by Gasteiger charge is 2.22. The lowest BCUT2D eigenvalue weighted by molar-refractivity contribution is 0.0315. The lowest BCUT2D eigenvalue weighted by Gasteiger charge is -2.28. The maximum atomic E-state index is 11.3. The van der Waals surface area contributed by atoms with Gasteiger partial charge in [-0.05, 0) is 18.3 Å². The minimum Gasteiger partial charge on any atom is -0.381 e. The molecule has 72 valence electrons. The highest BCUT2D eigenvalue weighted by Crippen LogP contribution is 2.21. The predicted molar refractivity (Wildman–Crippen MR) is 51.6 cm³/mol. The smallest absolute Gasteiger partial charge is 0.0494 e. The molecular formula is C9H18O2S. The first kappa shape index (κ1) is 10.2. The number of hydrogen-bond donors (Lipinski definition) is 0. The summed E-state index contributed by atoms with van der Waals surface area (Å²) >= 11 is 0. The van der Waals surface area contributed by atoms with Crippen molar-refractivity contribution >= 4 is 10.8 Å². The zero-order valence-corrected chi connectivity index (χ0v) is 8.73. The van der Waals surface area contributed by atoms with Crippen LogP contribution in [0.3, 0.4) is 0 Å². The molecule has 1 fully saturated rings. The third-order valence-electron chi connectivity index (χ3n) is 2.54. The summed E-state index contributed by atoms with van der Waals surface area (Å²) in [5.74, 6) is 2.89. The number of hydrogen-bond acceptors (Lipinski definition) is 2. The van der Waals surface area contributed by atoms with Crippen LogP contribution in [0.15, 0.2) is 0 Å². The SMILES string of the molecule is CCS(=O)CC1CCOC[C@@H]1C. The molecule has 1 heterocycles. The maximum absolute atomic E-state index is 11.3. The summed E-state index contributed by atoms with van der Waals surface area (Å²) in [6, 6.07) is 0. The van der Waals surface area contributed by atoms with Gasteiger partial charge in [0.2, 0.25) is 0 Å². The molecule has 2 unspecified atom stereocenters. The first-order chi connectivity index (χ1) is 5.74. The fourth-order valence-electron chi connectivity index (χ4n) is 1.53. The van der Waals surface area contributed by atoms with Gasteiger partial charge in [-0.15, -0.1) is 0 Å². The van der Waals surface area contributed by atoms with Crippen LogP contribution in [0.5, 0.6) is 0 Å². The summed E-state index contributed by atoms with van der Waals surface area (Å²) in [4.78, 5) is 0. The fourth-order valence-corrected chi connectivity index (χ4v) is 2.74. The molecule has 1 rings (SSSR count). The molecule has 0 bridgehead atoms. The second-order valence-electron chi connectivity index (χ2n) is 3.50. The van der Waals surface area contributed by atoms with E-state index >= 15 is 0 Å². The van der Waals surface area contributed by atoms with Crippen molar-refractivity contribution in [2.24, 2.45) is 11.8 Å². The highest BCUT2D eigenvalue weighted by molar-refractivity contribution is 7.84. The summed E-state index contributed by atoms with van der Waals surface area (Å²) < 4.78 is 16.6. The third kappa shape index (κ3) is 2.87. The number of rotatable bonds is 3. The topological polar surface area (TPSA) is 26.3 Å². The number of ether oxygens (including phenoxy) is 1. The van der Waals surface area contributed by atoms with Crippen molar-refractivity contribution < 1.29 is 8.95 Å². The molecule has 2 nitrogen and oxygen atoms in total. The van der Waals surface area contributed by atoms with Crippen LogP contribution in [0, 0.1) is 11.8 Å². The van der Waals surface area contributed by atoms with E-state index in [1.54, 1.807) is 0 Å². The van der Waals surface area contributed by atoms with Crippen LogP contribution in [0.1, 0.15) is 20.3 Å². The van der Waals surface area contributed by atoms with E-state index in [1.807, 2.05) is 6.92 Å². The van der Waals surface area contributed by atoms with Crippen molar-refractivity contribution in [1.29, 1.82) is 0 Å². The Kier molecular flexibility index (Phi) is 4.22. The van der Waals surface area contributed by atoms with E-state index in [0.29, 0.717) is 11.8 Å². The Bertz CT molecular complexity index is 159. The minimum atomic E-state index is -0.601. The van der Waals surface area contributed by atoms with Crippen LogP contribution < -0.4 is 0 Å². The third-order valence-corrected chi connectivity index (χ3v) is 3.98.